The topological polar surface area (TPSA) is 52.0 Å². The van der Waals surface area contributed by atoms with Gasteiger partial charge < -0.3 is 11.5 Å². The van der Waals surface area contributed by atoms with Crippen LogP contribution in [-0.4, -0.2) is 6.04 Å². The summed E-state index contributed by atoms with van der Waals surface area (Å²) in [5.74, 6) is 0. The third-order valence-corrected chi connectivity index (χ3v) is 2.14. The first-order chi connectivity index (χ1) is 6.74. The van der Waals surface area contributed by atoms with Crippen LogP contribution in [0.3, 0.4) is 0 Å². The summed E-state index contributed by atoms with van der Waals surface area (Å²) < 4.78 is 0. The zero-order valence-electron chi connectivity index (χ0n) is 9.46. The van der Waals surface area contributed by atoms with Crippen LogP contribution in [0.1, 0.15) is 33.6 Å². The van der Waals surface area contributed by atoms with E-state index in [0.29, 0.717) is 0 Å². The maximum atomic E-state index is 5.89. The fourth-order valence-electron chi connectivity index (χ4n) is 1.26. The van der Waals surface area contributed by atoms with Crippen molar-refractivity contribution < 1.29 is 0 Å². The minimum Gasteiger partial charge on any atom is -0.404 e. The maximum Gasteiger partial charge on any atom is 0.0312 e. The molecule has 1 aliphatic rings. The van der Waals surface area contributed by atoms with E-state index < -0.39 is 0 Å². The lowest BCUT2D eigenvalue weighted by atomic mass is 9.98. The van der Waals surface area contributed by atoms with Crippen LogP contribution in [0, 0.1) is 0 Å². The Labute approximate surface area is 87.4 Å². The fourth-order valence-corrected chi connectivity index (χ4v) is 1.26. The highest BCUT2D eigenvalue weighted by atomic mass is 14.6. The lowest BCUT2D eigenvalue weighted by Crippen LogP contribution is -2.23. The summed E-state index contributed by atoms with van der Waals surface area (Å²) in [4.78, 5) is 0. The van der Waals surface area contributed by atoms with Crippen molar-refractivity contribution in [2.45, 2.75) is 39.7 Å². The molecule has 14 heavy (non-hydrogen) atoms. The predicted octanol–water partition coefficient (Wildman–Crippen LogP) is 2.48. The normalized spacial score (nSPS) is 30.4. The molecule has 0 aromatic heterocycles. The smallest absolute Gasteiger partial charge is 0.0312 e. The Morgan fingerprint density at radius 2 is 2.07 bits per heavy atom. The third kappa shape index (κ3) is 4.28. The zero-order chi connectivity index (χ0) is 11.0. The molecule has 2 heteroatoms. The van der Waals surface area contributed by atoms with Crippen molar-refractivity contribution in [3.8, 4) is 0 Å². The summed E-state index contributed by atoms with van der Waals surface area (Å²) in [5, 5.41) is 0. The number of rotatable bonds is 0. The molecule has 1 unspecified atom stereocenters. The van der Waals surface area contributed by atoms with E-state index in [1.165, 1.54) is 5.57 Å². The third-order valence-electron chi connectivity index (χ3n) is 2.14. The first kappa shape index (κ1) is 13.0. The lowest BCUT2D eigenvalue weighted by molar-refractivity contribution is 0.691. The molecule has 0 saturated heterocycles. The Hall–Kier alpha value is -1.02. The van der Waals surface area contributed by atoms with Gasteiger partial charge in [0.2, 0.25) is 0 Å². The molecule has 0 fully saturated rings. The lowest BCUT2D eigenvalue weighted by Gasteiger charge is -2.14. The van der Waals surface area contributed by atoms with E-state index in [9.17, 15) is 0 Å². The Morgan fingerprint density at radius 1 is 1.43 bits per heavy atom. The van der Waals surface area contributed by atoms with Gasteiger partial charge in [-0.05, 0) is 31.5 Å². The predicted molar refractivity (Wildman–Crippen MR) is 63.7 cm³/mol. The molecule has 80 valence electrons. The second-order valence-corrected chi connectivity index (χ2v) is 3.18. The molecule has 0 aliphatic heterocycles. The summed E-state index contributed by atoms with van der Waals surface area (Å²) in [6.07, 6.45) is 9.73. The van der Waals surface area contributed by atoms with Crippen molar-refractivity contribution >= 4 is 0 Å². The molecule has 0 aromatic rings. The average molecular weight is 194 g/mol. The molecule has 0 saturated carbocycles. The Bertz CT molecular complexity index is 237. The monoisotopic (exact) mass is 194 g/mol. The van der Waals surface area contributed by atoms with Crippen molar-refractivity contribution in [1.82, 2.24) is 0 Å². The Kier molecular flexibility index (Phi) is 6.85. The molecular formula is C12H22N2. The zero-order valence-corrected chi connectivity index (χ0v) is 9.46. The van der Waals surface area contributed by atoms with Crippen molar-refractivity contribution in [3.63, 3.8) is 0 Å². The van der Waals surface area contributed by atoms with Crippen LogP contribution >= 0.6 is 0 Å². The minimum atomic E-state index is 0.0925. The van der Waals surface area contributed by atoms with Crippen molar-refractivity contribution in [1.29, 1.82) is 0 Å². The standard InChI is InChI=1S/C10H16N2.C2H6/c1-8-3-2-4-9(7-11)10(12)6-5-8;1-2/h2-4,7,10H,5-6,11-12H2,1H3;1-2H3/b4-2-,8-3-,9-7-;. The van der Waals surface area contributed by atoms with Crippen LogP contribution < -0.4 is 11.5 Å². The molecule has 2 nitrogen and oxygen atoms in total. The molecule has 0 bridgehead atoms. The van der Waals surface area contributed by atoms with Gasteiger partial charge in [-0.3, -0.25) is 0 Å². The maximum absolute atomic E-state index is 5.89. The summed E-state index contributed by atoms with van der Waals surface area (Å²) in [7, 11) is 0. The highest BCUT2D eigenvalue weighted by molar-refractivity contribution is 5.29. The van der Waals surface area contributed by atoms with Crippen LogP contribution in [0.15, 0.2) is 35.6 Å². The summed E-state index contributed by atoms with van der Waals surface area (Å²) in [6.45, 7) is 6.12. The molecule has 0 amide bonds. The van der Waals surface area contributed by atoms with Gasteiger partial charge in [0.15, 0.2) is 0 Å². The van der Waals surface area contributed by atoms with Crippen molar-refractivity contribution in [2.24, 2.45) is 11.5 Å². The average Bonchev–Trinajstić information content (AvgIpc) is 2.22. The van der Waals surface area contributed by atoms with E-state index in [4.69, 9.17) is 11.5 Å². The van der Waals surface area contributed by atoms with Gasteiger partial charge in [0.05, 0.1) is 0 Å². The first-order valence-electron chi connectivity index (χ1n) is 5.25. The second-order valence-electron chi connectivity index (χ2n) is 3.18. The van der Waals surface area contributed by atoms with Gasteiger partial charge in [0.1, 0.15) is 0 Å². The first-order valence-corrected chi connectivity index (χ1v) is 5.25. The second kappa shape index (κ2) is 7.39. The van der Waals surface area contributed by atoms with Crippen LogP contribution in [0.2, 0.25) is 0 Å². The Balaban J connectivity index is 0.000000791. The molecule has 0 radical (unpaired) electrons. The summed E-state index contributed by atoms with van der Waals surface area (Å²) in [5.41, 5.74) is 13.7. The van der Waals surface area contributed by atoms with Gasteiger partial charge >= 0.3 is 0 Å². The molecule has 1 atom stereocenters. The van der Waals surface area contributed by atoms with Crippen molar-refractivity contribution in [2.75, 3.05) is 0 Å². The van der Waals surface area contributed by atoms with Crippen LogP contribution in [0.5, 0.6) is 0 Å². The molecule has 0 aromatic carbocycles. The van der Waals surface area contributed by atoms with Gasteiger partial charge in [0.25, 0.3) is 0 Å². The molecular weight excluding hydrogens is 172 g/mol. The molecule has 4 N–H and O–H groups in total. The summed E-state index contributed by atoms with van der Waals surface area (Å²) in [6, 6.07) is 0.0925. The van der Waals surface area contributed by atoms with E-state index in [1.54, 1.807) is 6.20 Å². The van der Waals surface area contributed by atoms with Gasteiger partial charge in [-0.15, -0.1) is 0 Å². The van der Waals surface area contributed by atoms with E-state index in [0.717, 1.165) is 18.4 Å². The number of allylic oxidation sites excluding steroid dienone is 3. The quantitative estimate of drug-likeness (QED) is 0.622. The SMILES string of the molecule is C/C1=C/C=C\C(=C\N)C(N)CC1.CC. The number of hydrogen-bond acceptors (Lipinski definition) is 2. The van der Waals surface area contributed by atoms with Crippen LogP contribution in [0.25, 0.3) is 0 Å². The van der Waals surface area contributed by atoms with Gasteiger partial charge in [0, 0.05) is 6.04 Å². The fraction of sp³-hybridized carbons (Fsp3) is 0.500. The van der Waals surface area contributed by atoms with E-state index in [1.807, 2.05) is 26.0 Å². The molecule has 1 aliphatic carbocycles. The Morgan fingerprint density at radius 3 is 2.64 bits per heavy atom. The highest BCUT2D eigenvalue weighted by Crippen LogP contribution is 2.14. The van der Waals surface area contributed by atoms with Crippen LogP contribution in [0.4, 0.5) is 0 Å². The largest absolute Gasteiger partial charge is 0.404 e. The number of hydrogen-bond donors (Lipinski definition) is 2. The van der Waals surface area contributed by atoms with E-state index in [-0.39, 0.29) is 6.04 Å². The van der Waals surface area contributed by atoms with Gasteiger partial charge in [-0.2, -0.15) is 0 Å². The van der Waals surface area contributed by atoms with Crippen LogP contribution in [-0.2, 0) is 0 Å². The molecule has 1 rings (SSSR count). The van der Waals surface area contributed by atoms with E-state index >= 15 is 0 Å². The molecule has 0 spiro atoms. The highest BCUT2D eigenvalue weighted by Gasteiger charge is 2.07. The van der Waals surface area contributed by atoms with Gasteiger partial charge in [-0.1, -0.05) is 37.6 Å². The molecule has 0 heterocycles. The minimum absolute atomic E-state index is 0.0925. The van der Waals surface area contributed by atoms with E-state index in [2.05, 4.69) is 13.0 Å². The summed E-state index contributed by atoms with van der Waals surface area (Å²) >= 11 is 0. The van der Waals surface area contributed by atoms with Crippen molar-refractivity contribution in [3.05, 3.63) is 35.6 Å². The number of nitrogens with two attached hydrogens (primary N) is 2. The van der Waals surface area contributed by atoms with Gasteiger partial charge in [-0.25, -0.2) is 0 Å².